The van der Waals surface area contributed by atoms with Gasteiger partial charge in [-0.05, 0) is 73.0 Å². The number of methoxy groups -OCH3 is 1. The highest BCUT2D eigenvalue weighted by atomic mass is 16.5. The standard InChI is InChI=1S/C24H24N2O4/c1-16-7-12-22(13-17(16)2)30-15-18-8-10-19(11-9-18)23(27)25-26-24(28)20-5-4-6-21(14-20)29-3/h4-14H,15H2,1-3H3,(H,25,27)(H,26,28). The molecule has 6 nitrogen and oxygen atoms in total. The fraction of sp³-hybridized carbons (Fsp3) is 0.167. The third-order valence-corrected chi connectivity index (χ3v) is 4.72. The van der Waals surface area contributed by atoms with Gasteiger partial charge in [0.05, 0.1) is 7.11 Å². The van der Waals surface area contributed by atoms with Crippen LogP contribution in [0, 0.1) is 13.8 Å². The lowest BCUT2D eigenvalue weighted by Gasteiger charge is -2.10. The third-order valence-electron chi connectivity index (χ3n) is 4.72. The van der Waals surface area contributed by atoms with Gasteiger partial charge in [0, 0.05) is 11.1 Å². The first-order valence-corrected chi connectivity index (χ1v) is 9.50. The molecule has 3 aromatic rings. The van der Waals surface area contributed by atoms with E-state index in [0.29, 0.717) is 23.5 Å². The summed E-state index contributed by atoms with van der Waals surface area (Å²) in [4.78, 5) is 24.5. The molecule has 0 unspecified atom stereocenters. The number of hydrogen-bond acceptors (Lipinski definition) is 4. The van der Waals surface area contributed by atoms with Crippen molar-refractivity contribution in [2.45, 2.75) is 20.5 Å². The summed E-state index contributed by atoms with van der Waals surface area (Å²) in [6.45, 7) is 4.50. The first kappa shape index (κ1) is 20.9. The van der Waals surface area contributed by atoms with E-state index in [1.165, 1.54) is 18.2 Å². The first-order chi connectivity index (χ1) is 14.5. The predicted molar refractivity (Wildman–Crippen MR) is 115 cm³/mol. The van der Waals surface area contributed by atoms with E-state index >= 15 is 0 Å². The van der Waals surface area contributed by atoms with Crippen LogP contribution in [0.3, 0.4) is 0 Å². The molecular formula is C24H24N2O4. The number of aryl methyl sites for hydroxylation is 2. The highest BCUT2D eigenvalue weighted by Gasteiger charge is 2.10. The summed E-state index contributed by atoms with van der Waals surface area (Å²) in [6.07, 6.45) is 0. The summed E-state index contributed by atoms with van der Waals surface area (Å²) in [7, 11) is 1.52. The number of amides is 2. The molecule has 0 aliphatic rings. The van der Waals surface area contributed by atoms with Gasteiger partial charge in [-0.1, -0.05) is 24.3 Å². The average molecular weight is 404 g/mol. The molecule has 30 heavy (non-hydrogen) atoms. The van der Waals surface area contributed by atoms with Crippen LogP contribution in [0.4, 0.5) is 0 Å². The molecule has 0 bridgehead atoms. The number of nitrogens with one attached hydrogen (secondary N) is 2. The number of hydrogen-bond donors (Lipinski definition) is 2. The molecule has 2 amide bonds. The molecule has 3 rings (SSSR count). The minimum absolute atomic E-state index is 0.383. The molecule has 0 heterocycles. The van der Waals surface area contributed by atoms with Crippen LogP contribution in [0.2, 0.25) is 0 Å². The van der Waals surface area contributed by atoms with Crippen molar-refractivity contribution in [2.75, 3.05) is 7.11 Å². The molecule has 0 saturated carbocycles. The molecule has 0 atom stereocenters. The molecule has 154 valence electrons. The Bertz CT molecular complexity index is 1050. The largest absolute Gasteiger partial charge is 0.497 e. The highest BCUT2D eigenvalue weighted by Crippen LogP contribution is 2.18. The van der Waals surface area contributed by atoms with E-state index in [9.17, 15) is 9.59 Å². The Morgan fingerprint density at radius 1 is 0.767 bits per heavy atom. The number of rotatable bonds is 6. The van der Waals surface area contributed by atoms with Crippen molar-refractivity contribution >= 4 is 11.8 Å². The van der Waals surface area contributed by atoms with Gasteiger partial charge in [0.15, 0.2) is 0 Å². The van der Waals surface area contributed by atoms with Crippen molar-refractivity contribution in [2.24, 2.45) is 0 Å². The first-order valence-electron chi connectivity index (χ1n) is 9.50. The van der Waals surface area contributed by atoms with E-state index in [2.05, 4.69) is 17.8 Å². The van der Waals surface area contributed by atoms with Gasteiger partial charge in [0.2, 0.25) is 0 Å². The van der Waals surface area contributed by atoms with E-state index in [0.717, 1.165) is 11.3 Å². The van der Waals surface area contributed by atoms with Gasteiger partial charge in [-0.2, -0.15) is 0 Å². The molecule has 0 aliphatic heterocycles. The molecular weight excluding hydrogens is 380 g/mol. The monoisotopic (exact) mass is 404 g/mol. The van der Waals surface area contributed by atoms with Crippen molar-refractivity contribution in [1.82, 2.24) is 10.9 Å². The maximum atomic E-state index is 12.3. The summed E-state index contributed by atoms with van der Waals surface area (Å²) in [6, 6.07) is 19.6. The number of hydrazine groups is 1. The fourth-order valence-electron chi connectivity index (χ4n) is 2.74. The molecule has 0 saturated heterocycles. The maximum absolute atomic E-state index is 12.3. The summed E-state index contributed by atoms with van der Waals surface area (Å²) in [5.41, 5.74) is 8.95. The number of carbonyl (C=O) groups is 2. The van der Waals surface area contributed by atoms with Crippen LogP contribution >= 0.6 is 0 Å². The van der Waals surface area contributed by atoms with E-state index < -0.39 is 11.8 Å². The Balaban J connectivity index is 1.52. The van der Waals surface area contributed by atoms with Crippen molar-refractivity contribution in [3.05, 3.63) is 94.5 Å². The Kier molecular flexibility index (Phi) is 6.70. The lowest BCUT2D eigenvalue weighted by molar-refractivity contribution is 0.0846. The van der Waals surface area contributed by atoms with Crippen LogP contribution in [0.15, 0.2) is 66.7 Å². The molecule has 0 aliphatic carbocycles. The second-order valence-corrected chi connectivity index (χ2v) is 6.87. The second-order valence-electron chi connectivity index (χ2n) is 6.87. The van der Waals surface area contributed by atoms with E-state index in [1.54, 1.807) is 36.4 Å². The van der Waals surface area contributed by atoms with Gasteiger partial charge in [0.25, 0.3) is 11.8 Å². The SMILES string of the molecule is COc1cccc(C(=O)NNC(=O)c2ccc(COc3ccc(C)c(C)c3)cc2)c1. The quantitative estimate of drug-likeness (QED) is 0.610. The van der Waals surface area contributed by atoms with Crippen molar-refractivity contribution in [3.63, 3.8) is 0 Å². The molecule has 0 spiro atoms. The van der Waals surface area contributed by atoms with Gasteiger partial charge >= 0.3 is 0 Å². The zero-order valence-electron chi connectivity index (χ0n) is 17.2. The van der Waals surface area contributed by atoms with Crippen LogP contribution < -0.4 is 20.3 Å². The van der Waals surface area contributed by atoms with Crippen LogP contribution in [-0.4, -0.2) is 18.9 Å². The molecule has 0 aromatic heterocycles. The third kappa shape index (κ3) is 5.38. The summed E-state index contributed by atoms with van der Waals surface area (Å²) in [5, 5.41) is 0. The van der Waals surface area contributed by atoms with Crippen molar-refractivity contribution in [1.29, 1.82) is 0 Å². The Hall–Kier alpha value is -3.80. The molecule has 3 aromatic carbocycles. The minimum atomic E-state index is -0.430. The fourth-order valence-corrected chi connectivity index (χ4v) is 2.74. The number of benzene rings is 3. The number of ether oxygens (including phenoxy) is 2. The van der Waals surface area contributed by atoms with Crippen molar-refractivity contribution in [3.8, 4) is 11.5 Å². The van der Waals surface area contributed by atoms with E-state index in [4.69, 9.17) is 9.47 Å². The summed E-state index contributed by atoms with van der Waals surface area (Å²) < 4.78 is 10.9. The smallest absolute Gasteiger partial charge is 0.269 e. The zero-order valence-corrected chi connectivity index (χ0v) is 17.2. The average Bonchev–Trinajstić information content (AvgIpc) is 2.78. The van der Waals surface area contributed by atoms with E-state index in [1.807, 2.05) is 37.3 Å². The zero-order chi connectivity index (χ0) is 21.5. The Labute approximate surface area is 175 Å². The van der Waals surface area contributed by atoms with Crippen LogP contribution in [0.5, 0.6) is 11.5 Å². The summed E-state index contributed by atoms with van der Waals surface area (Å²) >= 11 is 0. The van der Waals surface area contributed by atoms with E-state index in [-0.39, 0.29) is 0 Å². The molecule has 2 N–H and O–H groups in total. The number of carbonyl (C=O) groups excluding carboxylic acids is 2. The maximum Gasteiger partial charge on any atom is 0.269 e. The molecule has 0 fully saturated rings. The normalized spacial score (nSPS) is 10.2. The molecule has 6 heteroatoms. The Morgan fingerprint density at radius 3 is 2.13 bits per heavy atom. The minimum Gasteiger partial charge on any atom is -0.497 e. The van der Waals surface area contributed by atoms with Gasteiger partial charge < -0.3 is 9.47 Å². The van der Waals surface area contributed by atoms with Gasteiger partial charge in [-0.25, -0.2) is 0 Å². The van der Waals surface area contributed by atoms with Crippen LogP contribution in [0.1, 0.15) is 37.4 Å². The highest BCUT2D eigenvalue weighted by molar-refractivity contribution is 5.99. The van der Waals surface area contributed by atoms with Crippen LogP contribution in [-0.2, 0) is 6.61 Å². The van der Waals surface area contributed by atoms with Gasteiger partial charge in [-0.3, -0.25) is 20.4 Å². The predicted octanol–water partition coefficient (Wildman–Crippen LogP) is 3.97. The van der Waals surface area contributed by atoms with Crippen LogP contribution in [0.25, 0.3) is 0 Å². The lowest BCUT2D eigenvalue weighted by atomic mass is 10.1. The topological polar surface area (TPSA) is 76.7 Å². The van der Waals surface area contributed by atoms with Gasteiger partial charge in [-0.15, -0.1) is 0 Å². The van der Waals surface area contributed by atoms with Gasteiger partial charge in [0.1, 0.15) is 18.1 Å². The lowest BCUT2D eigenvalue weighted by Crippen LogP contribution is -2.41. The Morgan fingerprint density at radius 2 is 1.47 bits per heavy atom. The summed E-state index contributed by atoms with van der Waals surface area (Å²) in [5.74, 6) is 0.529. The second kappa shape index (κ2) is 9.60. The molecule has 0 radical (unpaired) electrons. The van der Waals surface area contributed by atoms with Crippen molar-refractivity contribution < 1.29 is 19.1 Å².